The average Bonchev–Trinajstić information content (AvgIpc) is 2.72. The molecular weight excluding hydrogens is 381 g/mol. The summed E-state index contributed by atoms with van der Waals surface area (Å²) in [5, 5.41) is 18.5. The number of rotatable bonds is 8. The summed E-state index contributed by atoms with van der Waals surface area (Å²) in [4.78, 5) is 16.0. The lowest BCUT2D eigenvalue weighted by Gasteiger charge is -2.28. The second-order valence-corrected chi connectivity index (χ2v) is 8.10. The van der Waals surface area contributed by atoms with Gasteiger partial charge in [-0.3, -0.25) is 10.2 Å². The number of carbonyl (C=O) groups is 1. The number of hydrogen-bond acceptors (Lipinski definition) is 5. The van der Waals surface area contributed by atoms with Crippen LogP contribution in [0.4, 0.5) is 10.2 Å². The van der Waals surface area contributed by atoms with Crippen molar-refractivity contribution in [1.82, 2.24) is 15.6 Å². The highest BCUT2D eigenvalue weighted by Crippen LogP contribution is 2.22. The molecule has 0 aliphatic heterocycles. The van der Waals surface area contributed by atoms with E-state index in [1.54, 1.807) is 12.1 Å². The summed E-state index contributed by atoms with van der Waals surface area (Å²) < 4.78 is 13.6. The van der Waals surface area contributed by atoms with Crippen LogP contribution in [0.25, 0.3) is 10.9 Å². The van der Waals surface area contributed by atoms with Crippen molar-refractivity contribution in [2.24, 2.45) is 0 Å². The van der Waals surface area contributed by atoms with E-state index in [2.05, 4.69) is 27.9 Å². The largest absolute Gasteiger partial charge is 0.369 e. The number of amidine groups is 1. The first-order valence-corrected chi connectivity index (χ1v) is 10.9. The molecule has 1 atom stereocenters. The van der Waals surface area contributed by atoms with Crippen LogP contribution in [0, 0.1) is 11.2 Å². The molecule has 4 N–H and O–H groups in total. The van der Waals surface area contributed by atoms with Crippen molar-refractivity contribution in [3.05, 3.63) is 35.6 Å². The molecule has 3 rings (SSSR count). The van der Waals surface area contributed by atoms with E-state index in [4.69, 9.17) is 5.41 Å². The quantitative estimate of drug-likeness (QED) is 0.383. The monoisotopic (exact) mass is 413 g/mol. The average molecular weight is 414 g/mol. The minimum atomic E-state index is -0.360. The summed E-state index contributed by atoms with van der Waals surface area (Å²) >= 11 is 0. The van der Waals surface area contributed by atoms with E-state index >= 15 is 0 Å². The Balaban J connectivity index is 1.71. The molecule has 0 saturated heterocycles. The van der Waals surface area contributed by atoms with Crippen LogP contribution in [0.2, 0.25) is 0 Å². The Hall–Kier alpha value is -2.54. The Kier molecular flexibility index (Phi) is 7.74. The first kappa shape index (κ1) is 22.2. The summed E-state index contributed by atoms with van der Waals surface area (Å²) in [7, 11) is 0. The normalized spacial score (nSPS) is 15.7. The van der Waals surface area contributed by atoms with Crippen LogP contribution in [0.15, 0.2) is 24.3 Å². The number of carbonyl (C=O) groups excluding carboxylic acids is 1. The van der Waals surface area contributed by atoms with Gasteiger partial charge in [-0.1, -0.05) is 26.2 Å². The molecule has 7 heteroatoms. The Morgan fingerprint density at radius 3 is 2.73 bits per heavy atom. The maximum atomic E-state index is 13.6. The number of anilines is 1. The summed E-state index contributed by atoms with van der Waals surface area (Å²) in [6.45, 7) is 4.25. The third kappa shape index (κ3) is 5.98. The van der Waals surface area contributed by atoms with Crippen LogP contribution in [0.3, 0.4) is 0 Å². The summed E-state index contributed by atoms with van der Waals surface area (Å²) in [5.41, 5.74) is 1.10. The van der Waals surface area contributed by atoms with Crippen LogP contribution in [-0.4, -0.2) is 35.4 Å². The lowest BCUT2D eigenvalue weighted by Crippen LogP contribution is -2.40. The van der Waals surface area contributed by atoms with E-state index in [-0.39, 0.29) is 17.6 Å². The number of hydrogen-bond donors (Lipinski definition) is 4. The van der Waals surface area contributed by atoms with Gasteiger partial charge in [0.25, 0.3) is 0 Å². The van der Waals surface area contributed by atoms with E-state index in [0.717, 1.165) is 12.8 Å². The second kappa shape index (κ2) is 10.5. The zero-order valence-electron chi connectivity index (χ0n) is 17.9. The van der Waals surface area contributed by atoms with Crippen molar-refractivity contribution < 1.29 is 9.18 Å². The molecule has 1 saturated carbocycles. The number of pyridine rings is 1. The number of amides is 1. The van der Waals surface area contributed by atoms with Crippen molar-refractivity contribution >= 4 is 28.5 Å². The minimum absolute atomic E-state index is 0.0453. The predicted octanol–water partition coefficient (Wildman–Crippen LogP) is 4.34. The van der Waals surface area contributed by atoms with Crippen molar-refractivity contribution in [3.8, 4) is 0 Å². The maximum Gasteiger partial charge on any atom is 0.222 e. The van der Waals surface area contributed by atoms with Gasteiger partial charge in [0.1, 0.15) is 17.5 Å². The topological polar surface area (TPSA) is 89.9 Å². The Morgan fingerprint density at radius 1 is 1.27 bits per heavy atom. The van der Waals surface area contributed by atoms with Gasteiger partial charge < -0.3 is 16.0 Å². The summed E-state index contributed by atoms with van der Waals surface area (Å²) in [6, 6.07) is 7.12. The van der Waals surface area contributed by atoms with E-state index in [1.165, 1.54) is 51.2 Å². The molecule has 1 aromatic carbocycles. The first-order valence-electron chi connectivity index (χ1n) is 10.9. The zero-order valence-corrected chi connectivity index (χ0v) is 17.9. The first-order chi connectivity index (χ1) is 14.5. The summed E-state index contributed by atoms with van der Waals surface area (Å²) in [6.07, 6.45) is 8.46. The SMILES string of the molecule is CCC(CCNc1nc2ccc(F)cc2cc1C(=N)NC(C)=O)NC1CCCCC1. The molecule has 6 nitrogen and oxygen atoms in total. The Labute approximate surface area is 177 Å². The minimum Gasteiger partial charge on any atom is -0.369 e. The lowest BCUT2D eigenvalue weighted by atomic mass is 9.94. The zero-order chi connectivity index (χ0) is 21.5. The van der Waals surface area contributed by atoms with Gasteiger partial charge in [-0.15, -0.1) is 0 Å². The molecule has 1 unspecified atom stereocenters. The fraction of sp³-hybridized carbons (Fsp3) is 0.522. The number of halogens is 1. The number of aromatic nitrogens is 1. The van der Waals surface area contributed by atoms with Crippen molar-refractivity contribution in [3.63, 3.8) is 0 Å². The summed E-state index contributed by atoms with van der Waals surface area (Å²) in [5.74, 6) is -0.203. The molecule has 1 aliphatic carbocycles. The third-order valence-corrected chi connectivity index (χ3v) is 5.70. The van der Waals surface area contributed by atoms with Gasteiger partial charge in [-0.05, 0) is 49.9 Å². The molecule has 30 heavy (non-hydrogen) atoms. The molecule has 0 spiro atoms. The maximum absolute atomic E-state index is 13.6. The van der Waals surface area contributed by atoms with Gasteiger partial charge in [0.2, 0.25) is 5.91 Å². The van der Waals surface area contributed by atoms with E-state index in [9.17, 15) is 9.18 Å². The highest BCUT2D eigenvalue weighted by Gasteiger charge is 2.18. The van der Waals surface area contributed by atoms with Crippen LogP contribution in [0.1, 0.15) is 64.4 Å². The molecule has 162 valence electrons. The van der Waals surface area contributed by atoms with Crippen molar-refractivity contribution in [2.45, 2.75) is 70.9 Å². The number of nitrogens with one attached hydrogen (secondary N) is 4. The van der Waals surface area contributed by atoms with Gasteiger partial charge in [-0.2, -0.15) is 0 Å². The van der Waals surface area contributed by atoms with Crippen molar-refractivity contribution in [2.75, 3.05) is 11.9 Å². The second-order valence-electron chi connectivity index (χ2n) is 8.10. The standard InChI is InChI=1S/C23H32FN5O/c1-3-18(28-19-7-5-4-6-8-19)11-12-26-23-20(22(25)27-15(2)30)14-16-13-17(24)9-10-21(16)29-23/h9-10,13-14,18-19,28H,3-8,11-12H2,1-2H3,(H,26,29)(H2,25,27,30). The molecule has 1 fully saturated rings. The molecule has 2 aromatic rings. The van der Waals surface area contributed by atoms with Gasteiger partial charge >= 0.3 is 0 Å². The molecule has 1 heterocycles. The number of nitrogens with zero attached hydrogens (tertiary/aromatic N) is 1. The van der Waals surface area contributed by atoms with Crippen LogP contribution in [0.5, 0.6) is 0 Å². The molecule has 1 amide bonds. The van der Waals surface area contributed by atoms with Gasteiger partial charge in [0.05, 0.1) is 11.1 Å². The van der Waals surface area contributed by atoms with E-state index in [0.29, 0.717) is 40.9 Å². The van der Waals surface area contributed by atoms with Crippen LogP contribution in [-0.2, 0) is 4.79 Å². The number of fused-ring (bicyclic) bond motifs is 1. The predicted molar refractivity (Wildman–Crippen MR) is 120 cm³/mol. The van der Waals surface area contributed by atoms with Gasteiger partial charge in [-0.25, -0.2) is 9.37 Å². The van der Waals surface area contributed by atoms with Crippen LogP contribution < -0.4 is 16.0 Å². The Morgan fingerprint density at radius 2 is 2.03 bits per heavy atom. The molecule has 1 aromatic heterocycles. The number of benzene rings is 1. The van der Waals surface area contributed by atoms with E-state index < -0.39 is 0 Å². The molecule has 0 radical (unpaired) electrons. The fourth-order valence-corrected chi connectivity index (χ4v) is 4.09. The third-order valence-electron chi connectivity index (χ3n) is 5.70. The molecule has 1 aliphatic rings. The van der Waals surface area contributed by atoms with Gasteiger partial charge in [0.15, 0.2) is 0 Å². The molecule has 0 bridgehead atoms. The highest BCUT2D eigenvalue weighted by atomic mass is 19.1. The highest BCUT2D eigenvalue weighted by molar-refractivity contribution is 6.10. The van der Waals surface area contributed by atoms with E-state index in [1.807, 2.05) is 0 Å². The Bertz CT molecular complexity index is 895. The smallest absolute Gasteiger partial charge is 0.222 e. The van der Waals surface area contributed by atoms with Crippen LogP contribution >= 0.6 is 0 Å². The van der Waals surface area contributed by atoms with Crippen molar-refractivity contribution in [1.29, 1.82) is 5.41 Å². The molecular formula is C23H32FN5O. The van der Waals surface area contributed by atoms with Gasteiger partial charge in [0, 0.05) is 30.9 Å². The fourth-order valence-electron chi connectivity index (χ4n) is 4.09. The lowest BCUT2D eigenvalue weighted by molar-refractivity contribution is -0.117.